The third-order valence-corrected chi connectivity index (χ3v) is 6.42. The molecule has 0 amide bonds. The van der Waals surface area contributed by atoms with Gasteiger partial charge in [0.25, 0.3) is 0 Å². The zero-order valence-corrected chi connectivity index (χ0v) is 17.4. The molecule has 0 spiro atoms. The molecule has 0 N–H and O–H groups in total. The van der Waals surface area contributed by atoms with Crippen LogP contribution in [-0.4, -0.2) is 6.43 Å². The van der Waals surface area contributed by atoms with E-state index in [0.717, 1.165) is 11.5 Å². The molecular weight excluding hydrogens is 338 g/mol. The Balaban J connectivity index is 1.57. The molecular formula is C25H40F2. The molecule has 2 rings (SSSR count). The highest BCUT2D eigenvalue weighted by molar-refractivity contribution is 5.26. The maximum atomic E-state index is 12.3. The predicted molar refractivity (Wildman–Crippen MR) is 113 cm³/mol. The van der Waals surface area contributed by atoms with Gasteiger partial charge >= 0.3 is 0 Å². The van der Waals surface area contributed by atoms with Crippen LogP contribution in [0.5, 0.6) is 0 Å². The van der Waals surface area contributed by atoms with Crippen LogP contribution in [0, 0.1) is 5.92 Å². The van der Waals surface area contributed by atoms with E-state index in [9.17, 15) is 8.78 Å². The van der Waals surface area contributed by atoms with E-state index < -0.39 is 6.43 Å². The Hall–Kier alpha value is -0.920. The van der Waals surface area contributed by atoms with Crippen molar-refractivity contribution in [2.24, 2.45) is 5.92 Å². The SMILES string of the molecule is CCCCCCCCCCC1CCC(c2ccc(CCC(F)F)cc2)CC1. The molecule has 0 unspecified atom stereocenters. The third kappa shape index (κ3) is 9.21. The molecule has 27 heavy (non-hydrogen) atoms. The molecule has 1 aromatic carbocycles. The first-order valence-electron chi connectivity index (χ1n) is 11.6. The van der Waals surface area contributed by atoms with Crippen LogP contribution in [0.2, 0.25) is 0 Å². The largest absolute Gasteiger partial charge is 0.239 e. The van der Waals surface area contributed by atoms with E-state index in [2.05, 4.69) is 31.2 Å². The summed E-state index contributed by atoms with van der Waals surface area (Å²) in [6.45, 7) is 2.28. The van der Waals surface area contributed by atoms with E-state index in [0.29, 0.717) is 12.3 Å². The Bertz CT molecular complexity index is 472. The van der Waals surface area contributed by atoms with Crippen LogP contribution in [0.3, 0.4) is 0 Å². The molecule has 0 saturated heterocycles. The molecule has 154 valence electrons. The second-order valence-corrected chi connectivity index (χ2v) is 8.65. The number of hydrogen-bond donors (Lipinski definition) is 0. The first-order valence-corrected chi connectivity index (χ1v) is 11.6. The molecule has 0 radical (unpaired) electrons. The van der Waals surface area contributed by atoms with E-state index in [4.69, 9.17) is 0 Å². The number of halogens is 2. The normalized spacial score (nSPS) is 20.3. The summed E-state index contributed by atoms with van der Waals surface area (Å²) in [5.41, 5.74) is 2.46. The summed E-state index contributed by atoms with van der Waals surface area (Å²) in [5, 5.41) is 0. The molecule has 0 heterocycles. The lowest BCUT2D eigenvalue weighted by atomic mass is 9.77. The molecule has 0 atom stereocenters. The number of aryl methyl sites for hydroxylation is 1. The summed E-state index contributed by atoms with van der Waals surface area (Å²) in [7, 11) is 0. The fraction of sp³-hybridized carbons (Fsp3) is 0.760. The molecule has 0 nitrogen and oxygen atoms in total. The van der Waals surface area contributed by atoms with Crippen LogP contribution in [0.15, 0.2) is 24.3 Å². The fourth-order valence-corrected chi connectivity index (χ4v) is 4.58. The number of rotatable bonds is 13. The molecule has 0 aliphatic heterocycles. The molecule has 1 aliphatic carbocycles. The second-order valence-electron chi connectivity index (χ2n) is 8.65. The summed E-state index contributed by atoms with van der Waals surface area (Å²) >= 11 is 0. The number of alkyl halides is 2. The van der Waals surface area contributed by atoms with Crippen molar-refractivity contribution in [3.63, 3.8) is 0 Å². The number of benzene rings is 1. The average molecular weight is 379 g/mol. The van der Waals surface area contributed by atoms with Gasteiger partial charge in [0, 0.05) is 6.42 Å². The Kier molecular flexibility index (Phi) is 11.0. The van der Waals surface area contributed by atoms with E-state index in [1.165, 1.54) is 89.0 Å². The third-order valence-electron chi connectivity index (χ3n) is 6.42. The average Bonchev–Trinajstić information content (AvgIpc) is 2.69. The Morgan fingerprint density at radius 2 is 1.41 bits per heavy atom. The molecule has 0 aromatic heterocycles. The van der Waals surface area contributed by atoms with Gasteiger partial charge in [0.05, 0.1) is 0 Å². The zero-order valence-electron chi connectivity index (χ0n) is 17.4. The van der Waals surface area contributed by atoms with Crippen molar-refractivity contribution in [2.45, 2.75) is 116 Å². The quantitative estimate of drug-likeness (QED) is 0.301. The standard InChI is InChI=1S/C25H40F2/c1-2-3-4-5-6-7-8-9-10-21-11-16-23(17-12-21)24-18-13-22(14-19-24)15-20-25(26)27/h13-14,18-19,21,23,25H,2-12,15-17,20H2,1H3. The minimum atomic E-state index is -2.19. The molecule has 1 aromatic rings. The van der Waals surface area contributed by atoms with Gasteiger partial charge in [-0.25, -0.2) is 8.78 Å². The highest BCUT2D eigenvalue weighted by Crippen LogP contribution is 2.37. The topological polar surface area (TPSA) is 0 Å². The van der Waals surface area contributed by atoms with Crippen LogP contribution in [-0.2, 0) is 6.42 Å². The maximum absolute atomic E-state index is 12.3. The molecule has 1 saturated carbocycles. The fourth-order valence-electron chi connectivity index (χ4n) is 4.58. The first-order chi connectivity index (χ1) is 13.2. The second kappa shape index (κ2) is 13.3. The minimum absolute atomic E-state index is 0.0246. The van der Waals surface area contributed by atoms with Gasteiger partial charge in [0.2, 0.25) is 6.43 Å². The molecule has 1 fully saturated rings. The van der Waals surface area contributed by atoms with E-state index in [1.54, 1.807) is 0 Å². The number of unbranched alkanes of at least 4 members (excludes halogenated alkanes) is 7. The van der Waals surface area contributed by atoms with Gasteiger partial charge in [-0.15, -0.1) is 0 Å². The molecule has 1 aliphatic rings. The van der Waals surface area contributed by atoms with E-state index in [-0.39, 0.29) is 6.42 Å². The van der Waals surface area contributed by atoms with Gasteiger partial charge in [0.1, 0.15) is 0 Å². The van der Waals surface area contributed by atoms with E-state index in [1.807, 2.05) is 0 Å². The van der Waals surface area contributed by atoms with Gasteiger partial charge in [-0.1, -0.05) is 89.0 Å². The lowest BCUT2D eigenvalue weighted by molar-refractivity contribution is 0.138. The minimum Gasteiger partial charge on any atom is -0.211 e. The smallest absolute Gasteiger partial charge is 0.211 e. The maximum Gasteiger partial charge on any atom is 0.239 e. The summed E-state index contributed by atoms with van der Waals surface area (Å²) in [6.07, 6.45) is 16.3. The van der Waals surface area contributed by atoms with Crippen molar-refractivity contribution in [1.82, 2.24) is 0 Å². The van der Waals surface area contributed by atoms with Crippen molar-refractivity contribution in [2.75, 3.05) is 0 Å². The van der Waals surface area contributed by atoms with Gasteiger partial charge in [-0.3, -0.25) is 0 Å². The summed E-state index contributed by atoms with van der Waals surface area (Å²) in [6, 6.07) is 8.49. The van der Waals surface area contributed by atoms with E-state index >= 15 is 0 Å². The van der Waals surface area contributed by atoms with Crippen molar-refractivity contribution in [1.29, 1.82) is 0 Å². The van der Waals surface area contributed by atoms with Crippen molar-refractivity contribution in [3.8, 4) is 0 Å². The van der Waals surface area contributed by atoms with Crippen LogP contribution >= 0.6 is 0 Å². The van der Waals surface area contributed by atoms with Crippen LogP contribution in [0.25, 0.3) is 0 Å². The zero-order chi connectivity index (χ0) is 19.3. The van der Waals surface area contributed by atoms with Gasteiger partial charge in [-0.2, -0.15) is 0 Å². The lowest BCUT2D eigenvalue weighted by Gasteiger charge is -2.29. The molecule has 0 bridgehead atoms. The van der Waals surface area contributed by atoms with Crippen LogP contribution in [0.1, 0.15) is 114 Å². The van der Waals surface area contributed by atoms with Crippen LogP contribution < -0.4 is 0 Å². The molecule has 2 heteroatoms. The summed E-state index contributed by atoms with van der Waals surface area (Å²) in [5.74, 6) is 1.62. The van der Waals surface area contributed by atoms with Crippen molar-refractivity contribution in [3.05, 3.63) is 35.4 Å². The monoisotopic (exact) mass is 378 g/mol. The Morgan fingerprint density at radius 1 is 0.815 bits per heavy atom. The summed E-state index contributed by atoms with van der Waals surface area (Å²) < 4.78 is 24.6. The van der Waals surface area contributed by atoms with Gasteiger partial charge in [0.15, 0.2) is 0 Å². The first kappa shape index (κ1) is 22.4. The van der Waals surface area contributed by atoms with Crippen molar-refractivity contribution < 1.29 is 8.78 Å². The lowest BCUT2D eigenvalue weighted by Crippen LogP contribution is -2.13. The number of hydrogen-bond acceptors (Lipinski definition) is 0. The van der Waals surface area contributed by atoms with Crippen LogP contribution in [0.4, 0.5) is 8.78 Å². The summed E-state index contributed by atoms with van der Waals surface area (Å²) in [4.78, 5) is 0. The van der Waals surface area contributed by atoms with Crippen molar-refractivity contribution >= 4 is 0 Å². The highest BCUT2D eigenvalue weighted by atomic mass is 19.3. The predicted octanol–water partition coefficient (Wildman–Crippen LogP) is 8.69. The highest BCUT2D eigenvalue weighted by Gasteiger charge is 2.22. The Morgan fingerprint density at radius 3 is 2.00 bits per heavy atom. The Labute approximate surface area is 166 Å². The van der Waals surface area contributed by atoms with Gasteiger partial charge < -0.3 is 0 Å². The van der Waals surface area contributed by atoms with Gasteiger partial charge in [-0.05, 0) is 55.1 Å².